The van der Waals surface area contributed by atoms with Crippen LogP contribution in [-0.4, -0.2) is 6.36 Å². The highest BCUT2D eigenvalue weighted by atomic mass is 19.4. The van der Waals surface area contributed by atoms with Gasteiger partial charge in [-0.2, -0.15) is 0 Å². The molecule has 3 N–H and O–H groups in total. The Kier molecular flexibility index (Phi) is 5.11. The van der Waals surface area contributed by atoms with Gasteiger partial charge in [-0.3, -0.25) is 11.3 Å². The van der Waals surface area contributed by atoms with Crippen molar-refractivity contribution < 1.29 is 17.9 Å². The van der Waals surface area contributed by atoms with Gasteiger partial charge in [-0.1, -0.05) is 38.0 Å². The van der Waals surface area contributed by atoms with E-state index in [1.54, 1.807) is 12.1 Å². The van der Waals surface area contributed by atoms with Crippen molar-refractivity contribution >= 4 is 0 Å². The Hall–Kier alpha value is -1.27. The van der Waals surface area contributed by atoms with Gasteiger partial charge in [-0.05, 0) is 30.7 Å². The third-order valence-electron chi connectivity index (χ3n) is 4.19. The Bertz CT molecular complexity index is 456. The van der Waals surface area contributed by atoms with Gasteiger partial charge in [0.15, 0.2) is 0 Å². The number of nitrogens with two attached hydrogens (primary N) is 1. The first kappa shape index (κ1) is 16.1. The highest BCUT2D eigenvalue weighted by Gasteiger charge is 2.34. The van der Waals surface area contributed by atoms with Crippen LogP contribution >= 0.6 is 0 Å². The van der Waals surface area contributed by atoms with E-state index in [2.05, 4.69) is 17.1 Å². The molecule has 0 aliphatic heterocycles. The number of para-hydroxylation sites is 1. The van der Waals surface area contributed by atoms with Gasteiger partial charge in [0.2, 0.25) is 0 Å². The van der Waals surface area contributed by atoms with E-state index in [9.17, 15) is 13.2 Å². The zero-order chi connectivity index (χ0) is 15.5. The van der Waals surface area contributed by atoms with Crippen LogP contribution in [0.25, 0.3) is 0 Å². The van der Waals surface area contributed by atoms with E-state index in [4.69, 9.17) is 5.84 Å². The predicted molar refractivity (Wildman–Crippen MR) is 74.3 cm³/mol. The fraction of sp³-hybridized carbons (Fsp3) is 0.600. The number of alkyl halides is 3. The van der Waals surface area contributed by atoms with Crippen LogP contribution in [0.5, 0.6) is 5.75 Å². The van der Waals surface area contributed by atoms with Crippen LogP contribution < -0.4 is 16.0 Å². The van der Waals surface area contributed by atoms with E-state index in [0.717, 1.165) is 25.7 Å². The van der Waals surface area contributed by atoms with Crippen molar-refractivity contribution in [1.82, 2.24) is 5.43 Å². The summed E-state index contributed by atoms with van der Waals surface area (Å²) >= 11 is 0. The smallest absolute Gasteiger partial charge is 0.405 e. The van der Waals surface area contributed by atoms with Gasteiger partial charge < -0.3 is 4.74 Å². The number of halogens is 3. The minimum atomic E-state index is -4.70. The average Bonchev–Trinajstić information content (AvgIpc) is 2.42. The molecule has 1 aliphatic rings. The largest absolute Gasteiger partial charge is 0.573 e. The summed E-state index contributed by atoms with van der Waals surface area (Å²) in [7, 11) is 0. The molecular weight excluding hydrogens is 281 g/mol. The minimum absolute atomic E-state index is 0.174. The lowest BCUT2D eigenvalue weighted by Gasteiger charge is -2.33. The van der Waals surface area contributed by atoms with Crippen molar-refractivity contribution in [3.8, 4) is 5.75 Å². The van der Waals surface area contributed by atoms with Crippen molar-refractivity contribution in [3.05, 3.63) is 29.8 Å². The van der Waals surface area contributed by atoms with Crippen LogP contribution in [0.3, 0.4) is 0 Å². The van der Waals surface area contributed by atoms with Gasteiger partial charge >= 0.3 is 6.36 Å². The molecule has 1 atom stereocenters. The fourth-order valence-electron chi connectivity index (χ4n) is 3.05. The van der Waals surface area contributed by atoms with Gasteiger partial charge in [0.1, 0.15) is 5.75 Å². The summed E-state index contributed by atoms with van der Waals surface area (Å²) in [6.07, 6.45) is -0.639. The summed E-state index contributed by atoms with van der Waals surface area (Å²) in [6, 6.07) is 5.88. The number of hydrazine groups is 1. The molecule has 0 amide bonds. The van der Waals surface area contributed by atoms with Crippen molar-refractivity contribution in [1.29, 1.82) is 0 Å². The molecular formula is C15H21F3N2O. The number of nitrogens with one attached hydrogen (secondary N) is 1. The molecule has 1 aliphatic carbocycles. The maximum atomic E-state index is 12.5. The topological polar surface area (TPSA) is 47.3 Å². The Balaban J connectivity index is 2.21. The number of ether oxygens (including phenoxy) is 1. The molecule has 2 rings (SSSR count). The van der Waals surface area contributed by atoms with Gasteiger partial charge in [0, 0.05) is 5.56 Å². The van der Waals surface area contributed by atoms with Gasteiger partial charge in [-0.25, -0.2) is 0 Å². The van der Waals surface area contributed by atoms with Gasteiger partial charge in [0.25, 0.3) is 0 Å². The number of benzene rings is 1. The van der Waals surface area contributed by atoms with Crippen LogP contribution in [0.4, 0.5) is 13.2 Å². The summed E-state index contributed by atoms with van der Waals surface area (Å²) in [4.78, 5) is 0. The first-order valence-electron chi connectivity index (χ1n) is 7.21. The highest BCUT2D eigenvalue weighted by Crippen LogP contribution is 2.40. The molecule has 0 saturated heterocycles. The molecule has 0 radical (unpaired) electrons. The maximum Gasteiger partial charge on any atom is 0.573 e. The van der Waals surface area contributed by atoms with Gasteiger partial charge in [-0.15, -0.1) is 13.2 Å². The van der Waals surface area contributed by atoms with Gasteiger partial charge in [0.05, 0.1) is 6.04 Å². The molecule has 1 fully saturated rings. The monoisotopic (exact) mass is 302 g/mol. The number of hydrogen-bond acceptors (Lipinski definition) is 3. The summed E-state index contributed by atoms with van der Waals surface area (Å²) < 4.78 is 41.7. The molecule has 0 bridgehead atoms. The standard InChI is InChI=1S/C15H21F3N2O/c1-10-6-8-11(9-7-10)14(20-19)12-4-2-3-5-13(12)21-15(16,17)18/h2-5,10-11,14,20H,6-9,19H2,1H3. The van der Waals surface area contributed by atoms with Crippen LogP contribution in [-0.2, 0) is 0 Å². The molecule has 1 aromatic rings. The van der Waals surface area contributed by atoms with Crippen LogP contribution in [0.1, 0.15) is 44.2 Å². The number of hydrogen-bond donors (Lipinski definition) is 2. The summed E-state index contributed by atoms with van der Waals surface area (Å²) in [5.41, 5.74) is 3.15. The summed E-state index contributed by atoms with van der Waals surface area (Å²) in [5, 5.41) is 0. The average molecular weight is 302 g/mol. The quantitative estimate of drug-likeness (QED) is 0.654. The van der Waals surface area contributed by atoms with Crippen molar-refractivity contribution in [2.45, 2.75) is 45.0 Å². The van der Waals surface area contributed by atoms with E-state index in [1.807, 2.05) is 0 Å². The first-order chi connectivity index (χ1) is 9.90. The zero-order valence-electron chi connectivity index (χ0n) is 12.0. The van der Waals surface area contributed by atoms with Crippen molar-refractivity contribution in [2.75, 3.05) is 0 Å². The lowest BCUT2D eigenvalue weighted by Crippen LogP contribution is -2.35. The third kappa shape index (κ3) is 4.35. The van der Waals surface area contributed by atoms with E-state index >= 15 is 0 Å². The second kappa shape index (κ2) is 6.66. The maximum absolute atomic E-state index is 12.5. The second-order valence-electron chi connectivity index (χ2n) is 5.75. The molecule has 0 heterocycles. The molecule has 1 aromatic carbocycles. The van der Waals surface area contributed by atoms with E-state index < -0.39 is 6.36 Å². The second-order valence-corrected chi connectivity index (χ2v) is 5.75. The molecule has 1 unspecified atom stereocenters. The highest BCUT2D eigenvalue weighted by molar-refractivity contribution is 5.36. The molecule has 0 spiro atoms. The summed E-state index contributed by atoms with van der Waals surface area (Å²) in [6.45, 7) is 2.20. The SMILES string of the molecule is CC1CCC(C(NN)c2ccccc2OC(F)(F)F)CC1. The summed E-state index contributed by atoms with van der Waals surface area (Å²) in [5.74, 6) is 6.34. The lowest BCUT2D eigenvalue weighted by molar-refractivity contribution is -0.275. The Morgan fingerprint density at radius 1 is 1.19 bits per heavy atom. The van der Waals surface area contributed by atoms with E-state index in [-0.39, 0.29) is 17.7 Å². The van der Waals surface area contributed by atoms with E-state index in [0.29, 0.717) is 11.5 Å². The van der Waals surface area contributed by atoms with Crippen molar-refractivity contribution in [2.24, 2.45) is 17.7 Å². The molecule has 21 heavy (non-hydrogen) atoms. The fourth-order valence-corrected chi connectivity index (χ4v) is 3.05. The normalized spacial score (nSPS) is 24.6. The van der Waals surface area contributed by atoms with Crippen LogP contribution in [0.15, 0.2) is 24.3 Å². The van der Waals surface area contributed by atoms with Crippen LogP contribution in [0.2, 0.25) is 0 Å². The molecule has 1 saturated carbocycles. The molecule has 118 valence electrons. The third-order valence-corrected chi connectivity index (χ3v) is 4.19. The molecule has 6 heteroatoms. The Morgan fingerprint density at radius 3 is 2.38 bits per heavy atom. The zero-order valence-corrected chi connectivity index (χ0v) is 12.0. The predicted octanol–water partition coefficient (Wildman–Crippen LogP) is 3.92. The molecule has 3 nitrogen and oxygen atoms in total. The number of rotatable bonds is 4. The lowest BCUT2D eigenvalue weighted by atomic mass is 9.77. The molecule has 0 aromatic heterocycles. The minimum Gasteiger partial charge on any atom is -0.405 e. The van der Waals surface area contributed by atoms with Crippen molar-refractivity contribution in [3.63, 3.8) is 0 Å². The van der Waals surface area contributed by atoms with E-state index in [1.165, 1.54) is 12.1 Å². The Morgan fingerprint density at radius 2 is 1.81 bits per heavy atom. The van der Waals surface area contributed by atoms with Crippen LogP contribution in [0, 0.1) is 11.8 Å². The first-order valence-corrected chi connectivity index (χ1v) is 7.21. The Labute approximate surface area is 122 Å².